The van der Waals surface area contributed by atoms with Gasteiger partial charge >= 0.3 is 5.97 Å². The van der Waals surface area contributed by atoms with Gasteiger partial charge in [-0.1, -0.05) is 0 Å². The number of esters is 1. The molecule has 30 heavy (non-hydrogen) atoms. The fourth-order valence-corrected chi connectivity index (χ4v) is 5.17. The highest BCUT2D eigenvalue weighted by atomic mass is 32.1. The maximum atomic E-state index is 12.4. The minimum atomic E-state index is -0.323. The van der Waals surface area contributed by atoms with Crippen LogP contribution in [0.3, 0.4) is 0 Å². The van der Waals surface area contributed by atoms with Crippen molar-refractivity contribution >= 4 is 28.2 Å². The van der Waals surface area contributed by atoms with Gasteiger partial charge in [0.1, 0.15) is 4.88 Å². The Hall–Kier alpha value is -1.48. The van der Waals surface area contributed by atoms with Gasteiger partial charge in [-0.15, -0.1) is 11.3 Å². The van der Waals surface area contributed by atoms with E-state index in [-0.39, 0.29) is 11.9 Å². The maximum Gasteiger partial charge on any atom is 0.348 e. The van der Waals surface area contributed by atoms with Gasteiger partial charge in [-0.3, -0.25) is 14.6 Å². The van der Waals surface area contributed by atoms with Gasteiger partial charge in [-0.25, -0.2) is 4.79 Å². The summed E-state index contributed by atoms with van der Waals surface area (Å²) in [7, 11) is 0. The minimum absolute atomic E-state index is 0.0163. The van der Waals surface area contributed by atoms with Gasteiger partial charge in [0, 0.05) is 13.1 Å². The highest BCUT2D eigenvalue weighted by Gasteiger charge is 2.22. The fourth-order valence-electron chi connectivity index (χ4n) is 4.18. The summed E-state index contributed by atoms with van der Waals surface area (Å²) in [6.45, 7) is 11.4. The minimum Gasteiger partial charge on any atom is -0.462 e. The van der Waals surface area contributed by atoms with E-state index in [1.54, 1.807) is 6.92 Å². The lowest BCUT2D eigenvalue weighted by Crippen LogP contribution is -2.39. The van der Waals surface area contributed by atoms with Crippen LogP contribution in [0.1, 0.15) is 47.8 Å². The molecule has 2 fully saturated rings. The molecule has 168 valence electrons. The van der Waals surface area contributed by atoms with Crippen molar-refractivity contribution in [2.45, 2.75) is 39.5 Å². The van der Waals surface area contributed by atoms with Crippen molar-refractivity contribution in [2.75, 3.05) is 64.4 Å². The SMILES string of the molecule is CCOC(=O)c1sc(NC(=O)CN2CCC(CCCN3CCOCC3)CC2)cc1C. The van der Waals surface area contributed by atoms with Crippen molar-refractivity contribution in [1.82, 2.24) is 9.80 Å². The van der Waals surface area contributed by atoms with Crippen molar-refractivity contribution in [3.8, 4) is 0 Å². The standard InChI is InChI=1S/C22H35N3O4S/c1-3-29-22(27)21-17(2)15-20(30-21)23-19(26)16-25-9-6-18(7-10-25)5-4-8-24-11-13-28-14-12-24/h15,18H,3-14,16H2,1-2H3,(H,23,26). The van der Waals surface area contributed by atoms with Crippen LogP contribution in [-0.2, 0) is 14.3 Å². The monoisotopic (exact) mass is 437 g/mol. The zero-order chi connectivity index (χ0) is 21.3. The van der Waals surface area contributed by atoms with Crippen LogP contribution < -0.4 is 5.32 Å². The summed E-state index contributed by atoms with van der Waals surface area (Å²) < 4.78 is 10.5. The molecule has 3 heterocycles. The number of nitrogens with one attached hydrogen (secondary N) is 1. The molecule has 0 radical (unpaired) electrons. The van der Waals surface area contributed by atoms with E-state index in [9.17, 15) is 9.59 Å². The van der Waals surface area contributed by atoms with Gasteiger partial charge in [0.25, 0.3) is 0 Å². The molecule has 7 nitrogen and oxygen atoms in total. The van der Waals surface area contributed by atoms with Gasteiger partial charge in [0.15, 0.2) is 0 Å². The number of thiophene rings is 1. The van der Waals surface area contributed by atoms with E-state index in [1.807, 2.05) is 13.0 Å². The Balaban J connectivity index is 1.34. The zero-order valence-corrected chi connectivity index (χ0v) is 19.1. The molecule has 1 aromatic rings. The summed E-state index contributed by atoms with van der Waals surface area (Å²) in [5.41, 5.74) is 0.839. The molecule has 0 bridgehead atoms. The molecular weight excluding hydrogens is 402 g/mol. The number of amides is 1. The van der Waals surface area contributed by atoms with E-state index in [1.165, 1.54) is 43.6 Å². The van der Waals surface area contributed by atoms with Crippen molar-refractivity contribution in [3.05, 3.63) is 16.5 Å². The van der Waals surface area contributed by atoms with Crippen molar-refractivity contribution in [1.29, 1.82) is 0 Å². The van der Waals surface area contributed by atoms with E-state index in [4.69, 9.17) is 9.47 Å². The summed E-state index contributed by atoms with van der Waals surface area (Å²) >= 11 is 1.28. The van der Waals surface area contributed by atoms with E-state index in [0.717, 1.165) is 50.9 Å². The number of morpholine rings is 1. The van der Waals surface area contributed by atoms with E-state index < -0.39 is 0 Å². The average Bonchev–Trinajstić information content (AvgIpc) is 3.10. The highest BCUT2D eigenvalue weighted by Crippen LogP contribution is 2.27. The molecule has 0 aromatic carbocycles. The first-order chi connectivity index (χ1) is 14.5. The third-order valence-corrected chi connectivity index (χ3v) is 7.04. The largest absolute Gasteiger partial charge is 0.462 e. The number of hydrogen-bond donors (Lipinski definition) is 1. The summed E-state index contributed by atoms with van der Waals surface area (Å²) in [6.07, 6.45) is 4.87. The lowest BCUT2D eigenvalue weighted by atomic mass is 9.92. The second-order valence-corrected chi connectivity index (χ2v) is 9.26. The van der Waals surface area contributed by atoms with Crippen molar-refractivity contribution in [3.63, 3.8) is 0 Å². The van der Waals surface area contributed by atoms with Crippen LogP contribution in [0, 0.1) is 12.8 Å². The van der Waals surface area contributed by atoms with Crippen LogP contribution in [0.25, 0.3) is 0 Å². The van der Waals surface area contributed by atoms with E-state index in [0.29, 0.717) is 23.0 Å². The number of anilines is 1. The normalized spacial score (nSPS) is 19.0. The molecular formula is C22H35N3O4S. The predicted molar refractivity (Wildman–Crippen MR) is 119 cm³/mol. The molecule has 0 saturated carbocycles. The van der Waals surface area contributed by atoms with Gasteiger partial charge in [0.05, 0.1) is 31.4 Å². The van der Waals surface area contributed by atoms with Crippen LogP contribution in [0.5, 0.6) is 0 Å². The number of nitrogens with zero attached hydrogens (tertiary/aromatic N) is 2. The number of hydrogen-bond acceptors (Lipinski definition) is 7. The first kappa shape index (κ1) is 23.2. The Bertz CT molecular complexity index is 695. The molecule has 3 rings (SSSR count). The second kappa shape index (κ2) is 11.8. The summed E-state index contributed by atoms with van der Waals surface area (Å²) in [6, 6.07) is 1.84. The van der Waals surface area contributed by atoms with E-state index >= 15 is 0 Å². The lowest BCUT2D eigenvalue weighted by molar-refractivity contribution is -0.117. The zero-order valence-electron chi connectivity index (χ0n) is 18.3. The molecule has 1 amide bonds. The Labute approximate surface area is 183 Å². The third kappa shape index (κ3) is 7.04. The van der Waals surface area contributed by atoms with Gasteiger partial charge in [-0.05, 0) is 76.7 Å². The summed E-state index contributed by atoms with van der Waals surface area (Å²) in [5.74, 6) is 0.436. The van der Waals surface area contributed by atoms with Crippen LogP contribution in [0.2, 0.25) is 0 Å². The van der Waals surface area contributed by atoms with Gasteiger partial charge < -0.3 is 14.8 Å². The second-order valence-electron chi connectivity index (χ2n) is 8.21. The Morgan fingerprint density at radius 3 is 2.63 bits per heavy atom. The van der Waals surface area contributed by atoms with Crippen LogP contribution in [0.4, 0.5) is 5.00 Å². The number of likely N-dealkylation sites (tertiary alicyclic amines) is 1. The molecule has 0 atom stereocenters. The number of carbonyl (C=O) groups is 2. The summed E-state index contributed by atoms with van der Waals surface area (Å²) in [5, 5.41) is 3.65. The molecule has 8 heteroatoms. The van der Waals surface area contributed by atoms with Crippen LogP contribution >= 0.6 is 11.3 Å². The smallest absolute Gasteiger partial charge is 0.348 e. The van der Waals surface area contributed by atoms with Crippen molar-refractivity contribution < 1.29 is 19.1 Å². The quantitative estimate of drug-likeness (QED) is 0.599. The maximum absolute atomic E-state index is 12.4. The number of rotatable bonds is 9. The molecule has 0 spiro atoms. The lowest BCUT2D eigenvalue weighted by Gasteiger charge is -2.32. The van der Waals surface area contributed by atoms with Gasteiger partial charge in [-0.2, -0.15) is 0 Å². The molecule has 1 N–H and O–H groups in total. The third-order valence-electron chi connectivity index (χ3n) is 5.91. The Morgan fingerprint density at radius 1 is 1.20 bits per heavy atom. The van der Waals surface area contributed by atoms with Crippen molar-refractivity contribution in [2.24, 2.45) is 5.92 Å². The number of aryl methyl sites for hydroxylation is 1. The molecule has 2 saturated heterocycles. The Morgan fingerprint density at radius 2 is 1.93 bits per heavy atom. The molecule has 0 aliphatic carbocycles. The highest BCUT2D eigenvalue weighted by molar-refractivity contribution is 7.18. The number of piperidine rings is 1. The average molecular weight is 438 g/mol. The van der Waals surface area contributed by atoms with Crippen LogP contribution in [-0.4, -0.2) is 80.8 Å². The predicted octanol–water partition coefficient (Wildman–Crippen LogP) is 3.00. The topological polar surface area (TPSA) is 71.1 Å². The summed E-state index contributed by atoms with van der Waals surface area (Å²) in [4.78, 5) is 29.7. The molecule has 2 aliphatic heterocycles. The first-order valence-electron chi connectivity index (χ1n) is 11.1. The number of carbonyl (C=O) groups excluding carboxylic acids is 2. The molecule has 2 aliphatic rings. The molecule has 1 aromatic heterocycles. The Kier molecular flexibility index (Phi) is 9.11. The number of ether oxygens (including phenoxy) is 2. The first-order valence-corrected chi connectivity index (χ1v) is 12.0. The van der Waals surface area contributed by atoms with E-state index in [2.05, 4.69) is 15.1 Å². The fraction of sp³-hybridized carbons (Fsp3) is 0.727. The molecule has 0 unspecified atom stereocenters. The van der Waals surface area contributed by atoms with Gasteiger partial charge in [0.2, 0.25) is 5.91 Å². The van der Waals surface area contributed by atoms with Crippen LogP contribution in [0.15, 0.2) is 6.07 Å².